The van der Waals surface area contributed by atoms with Gasteiger partial charge in [0.2, 0.25) is 17.7 Å². The van der Waals surface area contributed by atoms with Crippen molar-refractivity contribution in [2.24, 2.45) is 34.8 Å². The molecule has 4 saturated carbocycles. The molecule has 38 heavy (non-hydrogen) atoms. The van der Waals surface area contributed by atoms with Crippen molar-refractivity contribution < 1.29 is 19.5 Å². The number of rotatable bonds is 10. The summed E-state index contributed by atoms with van der Waals surface area (Å²) in [4.78, 5) is 42.0. The van der Waals surface area contributed by atoms with E-state index in [2.05, 4.69) is 24.5 Å². The summed E-state index contributed by atoms with van der Waals surface area (Å²) < 4.78 is 0. The number of carbonyl (C=O) groups is 3. The van der Waals surface area contributed by atoms with Gasteiger partial charge >= 0.3 is 0 Å². The molecule has 5 fully saturated rings. The second-order valence-electron chi connectivity index (χ2n) is 13.8. The molecule has 0 radical (unpaired) electrons. The highest BCUT2D eigenvalue weighted by atomic mass is 16.3. The fraction of sp³-hybridized carbons (Fsp3) is 0.900. The topological polar surface area (TPSA) is 125 Å². The molecule has 1 aliphatic heterocycles. The molecule has 5 aliphatic rings. The Hall–Kier alpha value is -1.67. The molecule has 6 atom stereocenters. The van der Waals surface area contributed by atoms with Crippen LogP contribution in [-0.4, -0.2) is 64.5 Å². The lowest BCUT2D eigenvalue weighted by molar-refractivity contribution is -0.144. The van der Waals surface area contributed by atoms with Crippen molar-refractivity contribution in [3.8, 4) is 0 Å². The van der Waals surface area contributed by atoms with E-state index in [9.17, 15) is 19.5 Å². The first-order chi connectivity index (χ1) is 18.2. The van der Waals surface area contributed by atoms with Crippen LogP contribution in [0.2, 0.25) is 0 Å². The third-order valence-electron chi connectivity index (χ3n) is 11.0. The van der Waals surface area contributed by atoms with E-state index in [1.807, 2.05) is 4.90 Å². The van der Waals surface area contributed by atoms with Gasteiger partial charge in [-0.05, 0) is 61.2 Å². The van der Waals surface area contributed by atoms with Crippen molar-refractivity contribution in [2.75, 3.05) is 6.54 Å². The van der Waals surface area contributed by atoms with Gasteiger partial charge in [-0.1, -0.05) is 71.6 Å². The lowest BCUT2D eigenvalue weighted by Gasteiger charge is -2.39. The predicted molar refractivity (Wildman–Crippen MR) is 146 cm³/mol. The average Bonchev–Trinajstić information content (AvgIpc) is 3.21. The number of amides is 3. The number of hydrogen-bond acceptors (Lipinski definition) is 5. The van der Waals surface area contributed by atoms with Gasteiger partial charge in [0.1, 0.15) is 6.04 Å². The van der Waals surface area contributed by atoms with Gasteiger partial charge in [0, 0.05) is 12.6 Å². The van der Waals surface area contributed by atoms with Gasteiger partial charge in [0.05, 0.1) is 12.1 Å². The number of likely N-dealkylation sites (tertiary alicyclic amines) is 1. The van der Waals surface area contributed by atoms with Gasteiger partial charge in [-0.25, -0.2) is 0 Å². The number of hydrogen-bond donors (Lipinski definition) is 4. The van der Waals surface area contributed by atoms with Crippen LogP contribution in [-0.2, 0) is 14.4 Å². The van der Waals surface area contributed by atoms with Crippen LogP contribution in [0.1, 0.15) is 104 Å². The normalized spacial score (nSPS) is 32.1. The molecule has 0 aromatic carbocycles. The molecule has 5 rings (SSSR count). The van der Waals surface area contributed by atoms with Crippen molar-refractivity contribution in [3.63, 3.8) is 0 Å². The summed E-state index contributed by atoms with van der Waals surface area (Å²) in [7, 11) is 0. The largest absolute Gasteiger partial charge is 0.381 e. The van der Waals surface area contributed by atoms with Crippen LogP contribution < -0.4 is 16.4 Å². The van der Waals surface area contributed by atoms with E-state index in [1.165, 1.54) is 25.7 Å². The maximum absolute atomic E-state index is 14.3. The molecule has 3 amide bonds. The Morgan fingerprint density at radius 1 is 0.947 bits per heavy atom. The Bertz CT molecular complexity index is 877. The van der Waals surface area contributed by atoms with Crippen LogP contribution in [0.3, 0.4) is 0 Å². The molecule has 0 aromatic heterocycles. The minimum Gasteiger partial charge on any atom is -0.381 e. The van der Waals surface area contributed by atoms with E-state index in [4.69, 9.17) is 5.73 Å². The fourth-order valence-electron chi connectivity index (χ4n) is 8.21. The number of fused-ring (bicyclic) bond motifs is 1. The zero-order valence-electron chi connectivity index (χ0n) is 23.5. The number of nitrogens with zero attached hydrogens (tertiary/aromatic N) is 1. The van der Waals surface area contributed by atoms with Crippen molar-refractivity contribution in [1.82, 2.24) is 15.5 Å². The van der Waals surface area contributed by atoms with E-state index >= 15 is 0 Å². The minimum absolute atomic E-state index is 0.00168. The monoisotopic (exact) mass is 530 g/mol. The standard InChI is InChI=1S/C30H50N4O4/c1-30(2)21-17-34(29(38)24(19-12-5-3-6-13-19)32-20-14-7-4-8-15-20)25(23(21)30)28(37)33-22(26(35)27(31)36)16-18-10-9-11-18/h18-26,32,35H,3-17H2,1-2H3,(H2,31,36)(H,33,37)/t21?,22?,23?,24-,25?,26?/m0/s1. The minimum atomic E-state index is -1.42. The van der Waals surface area contributed by atoms with Gasteiger partial charge in [-0.2, -0.15) is 0 Å². The van der Waals surface area contributed by atoms with E-state index in [0.29, 0.717) is 36.8 Å². The highest BCUT2D eigenvalue weighted by molar-refractivity contribution is 5.92. The molecule has 8 heteroatoms. The van der Waals surface area contributed by atoms with Crippen molar-refractivity contribution in [1.29, 1.82) is 0 Å². The summed E-state index contributed by atoms with van der Waals surface area (Å²) in [6.45, 7) is 4.98. The molecule has 1 heterocycles. The van der Waals surface area contributed by atoms with E-state index in [1.54, 1.807) is 0 Å². The van der Waals surface area contributed by atoms with E-state index < -0.39 is 24.1 Å². The lowest BCUT2D eigenvalue weighted by atomic mass is 9.79. The van der Waals surface area contributed by atoms with Gasteiger partial charge in [0.25, 0.3) is 0 Å². The van der Waals surface area contributed by atoms with Gasteiger partial charge < -0.3 is 26.4 Å². The quantitative estimate of drug-likeness (QED) is 0.346. The molecule has 214 valence electrons. The number of nitrogens with two attached hydrogens (primary N) is 1. The highest BCUT2D eigenvalue weighted by Crippen LogP contribution is 2.65. The van der Waals surface area contributed by atoms with Crippen LogP contribution in [0.5, 0.6) is 0 Å². The summed E-state index contributed by atoms with van der Waals surface area (Å²) in [5.41, 5.74) is 5.46. The van der Waals surface area contributed by atoms with Crippen molar-refractivity contribution in [2.45, 2.75) is 134 Å². The molecule has 0 aromatic rings. The molecule has 0 bridgehead atoms. The van der Waals surface area contributed by atoms with Crippen LogP contribution >= 0.6 is 0 Å². The number of aliphatic hydroxyl groups excluding tert-OH is 1. The summed E-state index contributed by atoms with van der Waals surface area (Å²) >= 11 is 0. The van der Waals surface area contributed by atoms with Crippen LogP contribution in [0.15, 0.2) is 0 Å². The Labute approximate surface area is 228 Å². The maximum atomic E-state index is 14.3. The zero-order chi connectivity index (χ0) is 27.0. The second-order valence-corrected chi connectivity index (χ2v) is 13.8. The summed E-state index contributed by atoms with van der Waals surface area (Å²) in [5, 5.41) is 17.4. The van der Waals surface area contributed by atoms with Crippen molar-refractivity contribution >= 4 is 17.7 Å². The van der Waals surface area contributed by atoms with Gasteiger partial charge in [-0.15, -0.1) is 0 Å². The lowest BCUT2D eigenvalue weighted by Crippen LogP contribution is -2.60. The van der Waals surface area contributed by atoms with Crippen molar-refractivity contribution in [3.05, 3.63) is 0 Å². The third-order valence-corrected chi connectivity index (χ3v) is 11.0. The first-order valence-electron chi connectivity index (χ1n) is 15.5. The second kappa shape index (κ2) is 11.4. The first kappa shape index (κ1) is 27.9. The Morgan fingerprint density at radius 2 is 1.58 bits per heavy atom. The van der Waals surface area contributed by atoms with E-state index in [-0.39, 0.29) is 29.2 Å². The highest BCUT2D eigenvalue weighted by Gasteiger charge is 2.69. The predicted octanol–water partition coefficient (Wildman–Crippen LogP) is 2.86. The molecule has 0 spiro atoms. The van der Waals surface area contributed by atoms with E-state index in [0.717, 1.165) is 57.8 Å². The molecular formula is C30H50N4O4. The Morgan fingerprint density at radius 3 is 2.16 bits per heavy atom. The number of nitrogens with one attached hydrogen (secondary N) is 2. The van der Waals surface area contributed by atoms with Crippen LogP contribution in [0.4, 0.5) is 0 Å². The molecular weight excluding hydrogens is 480 g/mol. The number of carbonyl (C=O) groups excluding carboxylic acids is 3. The average molecular weight is 531 g/mol. The Kier molecular flexibility index (Phi) is 8.39. The Balaban J connectivity index is 1.34. The summed E-state index contributed by atoms with van der Waals surface area (Å²) in [6, 6.07) is -1.14. The van der Waals surface area contributed by atoms with Crippen LogP contribution in [0.25, 0.3) is 0 Å². The smallest absolute Gasteiger partial charge is 0.248 e. The van der Waals surface area contributed by atoms with Gasteiger partial charge in [0.15, 0.2) is 6.10 Å². The summed E-state index contributed by atoms with van der Waals surface area (Å²) in [6.07, 6.45) is 14.0. The SMILES string of the molecule is CC1(C)C2CN(C(=O)[C@@H](NC3CCCCC3)C3CCCCC3)C(C(=O)NC(CC3CCC3)C(O)C(N)=O)C21. The first-order valence-corrected chi connectivity index (χ1v) is 15.5. The fourth-order valence-corrected chi connectivity index (χ4v) is 8.21. The molecule has 5 N–H and O–H groups in total. The third kappa shape index (κ3) is 5.63. The molecule has 5 unspecified atom stereocenters. The molecule has 8 nitrogen and oxygen atoms in total. The van der Waals surface area contributed by atoms with Gasteiger partial charge in [-0.3, -0.25) is 14.4 Å². The van der Waals surface area contributed by atoms with Crippen LogP contribution in [0, 0.1) is 29.1 Å². The number of aliphatic hydroxyl groups is 1. The molecule has 1 saturated heterocycles. The summed E-state index contributed by atoms with van der Waals surface area (Å²) in [5.74, 6) is 0.134. The number of primary amides is 1. The molecule has 4 aliphatic carbocycles. The number of piperidine rings is 1. The zero-order valence-corrected chi connectivity index (χ0v) is 23.5. The maximum Gasteiger partial charge on any atom is 0.248 e.